The number of nitrogens with zero attached hydrogens (tertiary/aromatic N) is 3. The molecular formula is C11H14N4O3. The molecule has 0 aliphatic rings. The Labute approximate surface area is 102 Å². The van der Waals surface area contributed by atoms with Gasteiger partial charge in [-0.1, -0.05) is 0 Å². The number of rotatable bonds is 3. The molecule has 7 heteroatoms. The summed E-state index contributed by atoms with van der Waals surface area (Å²) >= 11 is 0. The van der Waals surface area contributed by atoms with Crippen molar-refractivity contribution < 1.29 is 5.11 Å². The minimum Gasteiger partial charge on any atom is -0.502 e. The smallest absolute Gasteiger partial charge is 0.328 e. The van der Waals surface area contributed by atoms with Crippen LogP contribution in [0.15, 0.2) is 28.3 Å². The van der Waals surface area contributed by atoms with Gasteiger partial charge in [-0.3, -0.25) is 13.9 Å². The minimum atomic E-state index is -0.614. The van der Waals surface area contributed by atoms with E-state index in [1.807, 2.05) is 13.8 Å². The van der Waals surface area contributed by atoms with E-state index in [-0.39, 0.29) is 24.0 Å². The quantitative estimate of drug-likeness (QED) is 0.806. The Balaban J connectivity index is 2.38. The zero-order valence-electron chi connectivity index (χ0n) is 10.1. The largest absolute Gasteiger partial charge is 0.502 e. The SMILES string of the molecule is CC(C)n1ccn(Cc2nc[nH]c(=O)c2O)c1=O. The maximum atomic E-state index is 11.9. The van der Waals surface area contributed by atoms with Gasteiger partial charge in [0, 0.05) is 18.4 Å². The summed E-state index contributed by atoms with van der Waals surface area (Å²) in [4.78, 5) is 29.2. The highest BCUT2D eigenvalue weighted by Gasteiger charge is 2.11. The predicted molar refractivity (Wildman–Crippen MR) is 64.7 cm³/mol. The maximum Gasteiger partial charge on any atom is 0.328 e. The topological polar surface area (TPSA) is 92.9 Å². The fourth-order valence-corrected chi connectivity index (χ4v) is 1.65. The van der Waals surface area contributed by atoms with Gasteiger partial charge in [-0.15, -0.1) is 0 Å². The molecule has 0 fully saturated rings. The van der Waals surface area contributed by atoms with Gasteiger partial charge in [0.2, 0.25) is 5.75 Å². The molecule has 0 aromatic carbocycles. The molecule has 0 spiro atoms. The fourth-order valence-electron chi connectivity index (χ4n) is 1.65. The van der Waals surface area contributed by atoms with Gasteiger partial charge in [0.25, 0.3) is 5.56 Å². The number of hydrogen-bond acceptors (Lipinski definition) is 4. The lowest BCUT2D eigenvalue weighted by Crippen LogP contribution is -2.26. The van der Waals surface area contributed by atoms with Crippen molar-refractivity contribution >= 4 is 0 Å². The van der Waals surface area contributed by atoms with Crippen molar-refractivity contribution in [3.05, 3.63) is 45.3 Å². The summed E-state index contributed by atoms with van der Waals surface area (Å²) < 4.78 is 2.95. The van der Waals surface area contributed by atoms with Crippen molar-refractivity contribution in [3.8, 4) is 5.75 Å². The van der Waals surface area contributed by atoms with E-state index in [0.29, 0.717) is 0 Å². The summed E-state index contributed by atoms with van der Waals surface area (Å²) in [5.41, 5.74) is -0.648. The minimum absolute atomic E-state index is 0.0551. The van der Waals surface area contributed by atoms with E-state index in [9.17, 15) is 14.7 Å². The first-order valence-electron chi connectivity index (χ1n) is 5.53. The number of aromatic hydroxyl groups is 1. The third kappa shape index (κ3) is 2.06. The number of H-pyrrole nitrogens is 1. The third-order valence-corrected chi connectivity index (χ3v) is 2.65. The number of aromatic nitrogens is 4. The molecule has 0 saturated carbocycles. The summed E-state index contributed by atoms with van der Waals surface area (Å²) in [6, 6.07) is 0.0551. The van der Waals surface area contributed by atoms with Gasteiger partial charge in [-0.2, -0.15) is 0 Å². The van der Waals surface area contributed by atoms with Crippen LogP contribution in [0.5, 0.6) is 5.75 Å². The summed E-state index contributed by atoms with van der Waals surface area (Å²) in [6.45, 7) is 3.86. The van der Waals surface area contributed by atoms with E-state index in [0.717, 1.165) is 0 Å². The van der Waals surface area contributed by atoms with Gasteiger partial charge < -0.3 is 10.1 Å². The molecule has 0 amide bonds. The molecule has 2 aromatic heterocycles. The molecule has 2 heterocycles. The molecule has 96 valence electrons. The van der Waals surface area contributed by atoms with E-state index in [1.165, 1.54) is 10.9 Å². The molecule has 2 N–H and O–H groups in total. The van der Waals surface area contributed by atoms with Gasteiger partial charge in [-0.05, 0) is 13.8 Å². The van der Waals surface area contributed by atoms with Gasteiger partial charge in [0.15, 0.2) is 0 Å². The van der Waals surface area contributed by atoms with Gasteiger partial charge in [0.1, 0.15) is 5.69 Å². The van der Waals surface area contributed by atoms with E-state index in [1.54, 1.807) is 17.0 Å². The normalized spacial score (nSPS) is 11.1. The zero-order chi connectivity index (χ0) is 13.3. The van der Waals surface area contributed by atoms with Crippen molar-refractivity contribution in [1.29, 1.82) is 0 Å². The van der Waals surface area contributed by atoms with Crippen LogP contribution in [0.4, 0.5) is 0 Å². The average Bonchev–Trinajstić information content (AvgIpc) is 2.67. The number of hydrogen-bond donors (Lipinski definition) is 2. The fraction of sp³-hybridized carbons (Fsp3) is 0.364. The molecule has 0 atom stereocenters. The Bertz CT molecular complexity index is 665. The average molecular weight is 250 g/mol. The highest BCUT2D eigenvalue weighted by atomic mass is 16.3. The highest BCUT2D eigenvalue weighted by molar-refractivity contribution is 5.21. The van der Waals surface area contributed by atoms with Crippen molar-refractivity contribution in [2.75, 3.05) is 0 Å². The second-order valence-corrected chi connectivity index (χ2v) is 4.24. The summed E-state index contributed by atoms with van der Waals surface area (Å²) in [7, 11) is 0. The van der Waals surface area contributed by atoms with E-state index >= 15 is 0 Å². The van der Waals surface area contributed by atoms with Crippen LogP contribution in [0, 0.1) is 0 Å². The van der Waals surface area contributed by atoms with Crippen molar-refractivity contribution in [2.45, 2.75) is 26.4 Å². The lowest BCUT2D eigenvalue weighted by atomic mass is 10.3. The van der Waals surface area contributed by atoms with E-state index < -0.39 is 11.3 Å². The van der Waals surface area contributed by atoms with Crippen LogP contribution in [0.2, 0.25) is 0 Å². The highest BCUT2D eigenvalue weighted by Crippen LogP contribution is 2.07. The molecule has 2 rings (SSSR count). The van der Waals surface area contributed by atoms with Crippen molar-refractivity contribution in [1.82, 2.24) is 19.1 Å². The van der Waals surface area contributed by atoms with Crippen LogP contribution in [0.3, 0.4) is 0 Å². The molecule has 0 radical (unpaired) electrons. The molecule has 0 aliphatic carbocycles. The summed E-state index contributed by atoms with van der Waals surface area (Å²) in [5, 5.41) is 9.54. The van der Waals surface area contributed by atoms with Crippen LogP contribution < -0.4 is 11.2 Å². The first kappa shape index (κ1) is 12.2. The molecule has 0 aliphatic heterocycles. The van der Waals surface area contributed by atoms with E-state index in [2.05, 4.69) is 9.97 Å². The molecular weight excluding hydrogens is 236 g/mol. The lowest BCUT2D eigenvalue weighted by molar-refractivity contribution is 0.450. The summed E-state index contributed by atoms with van der Waals surface area (Å²) in [6.07, 6.45) is 4.46. The number of nitrogens with one attached hydrogen (secondary N) is 1. The van der Waals surface area contributed by atoms with Gasteiger partial charge in [-0.25, -0.2) is 9.78 Å². The molecule has 0 saturated heterocycles. The Morgan fingerprint density at radius 2 is 2.11 bits per heavy atom. The van der Waals surface area contributed by atoms with Crippen LogP contribution in [-0.2, 0) is 6.54 Å². The first-order valence-corrected chi connectivity index (χ1v) is 5.53. The molecule has 0 bridgehead atoms. The number of aromatic amines is 1. The predicted octanol–water partition coefficient (Wildman–Crippen LogP) is 0.0679. The Morgan fingerprint density at radius 3 is 2.72 bits per heavy atom. The Kier molecular flexibility index (Phi) is 3.05. The van der Waals surface area contributed by atoms with Crippen LogP contribution in [0.1, 0.15) is 25.6 Å². The Morgan fingerprint density at radius 1 is 1.39 bits per heavy atom. The second-order valence-electron chi connectivity index (χ2n) is 4.24. The van der Waals surface area contributed by atoms with Crippen molar-refractivity contribution in [3.63, 3.8) is 0 Å². The van der Waals surface area contributed by atoms with Gasteiger partial charge >= 0.3 is 5.69 Å². The van der Waals surface area contributed by atoms with Gasteiger partial charge in [0.05, 0.1) is 12.9 Å². The molecule has 0 unspecified atom stereocenters. The molecule has 18 heavy (non-hydrogen) atoms. The third-order valence-electron chi connectivity index (χ3n) is 2.65. The molecule has 2 aromatic rings. The molecule has 7 nitrogen and oxygen atoms in total. The van der Waals surface area contributed by atoms with Crippen molar-refractivity contribution in [2.24, 2.45) is 0 Å². The van der Waals surface area contributed by atoms with Crippen LogP contribution >= 0.6 is 0 Å². The second kappa shape index (κ2) is 4.52. The van der Waals surface area contributed by atoms with Crippen LogP contribution in [0.25, 0.3) is 0 Å². The lowest BCUT2D eigenvalue weighted by Gasteiger charge is -2.05. The van der Waals surface area contributed by atoms with E-state index in [4.69, 9.17) is 0 Å². The maximum absolute atomic E-state index is 11.9. The first-order chi connectivity index (χ1) is 8.50. The monoisotopic (exact) mass is 250 g/mol. The zero-order valence-corrected chi connectivity index (χ0v) is 10.1. The van der Waals surface area contributed by atoms with Crippen LogP contribution in [-0.4, -0.2) is 24.2 Å². The standard InChI is InChI=1S/C11H14N4O3/c1-7(2)15-4-3-14(11(15)18)5-8-9(16)10(17)13-6-12-8/h3-4,6-7,16H,5H2,1-2H3,(H,12,13,17). The summed E-state index contributed by atoms with van der Waals surface area (Å²) in [5.74, 6) is -0.457. The Hall–Kier alpha value is -2.31. The number of imidazole rings is 1.